The van der Waals surface area contributed by atoms with E-state index in [1.54, 1.807) is 0 Å². The van der Waals surface area contributed by atoms with Crippen LogP contribution in [0.3, 0.4) is 0 Å². The number of aliphatic hydroxyl groups excluding tert-OH is 1. The lowest BCUT2D eigenvalue weighted by Gasteiger charge is -2.25. The van der Waals surface area contributed by atoms with E-state index in [2.05, 4.69) is 0 Å². The molecule has 0 radical (unpaired) electrons. The summed E-state index contributed by atoms with van der Waals surface area (Å²) in [6.45, 7) is 0. The number of phenolic OH excluding ortho intramolecular Hbond substituents is 1. The van der Waals surface area contributed by atoms with Crippen LogP contribution in [0.25, 0.3) is 5.76 Å². The number of aromatic hydroxyl groups is 1. The lowest BCUT2D eigenvalue weighted by Crippen LogP contribution is -2.29. The Labute approximate surface area is 192 Å². The normalized spacial score (nSPS) is 17.1. The first kappa shape index (κ1) is 22.5. The first-order valence-corrected chi connectivity index (χ1v) is 9.91. The molecule has 3 aromatic rings. The van der Waals surface area contributed by atoms with Gasteiger partial charge in [0.2, 0.25) is 0 Å². The van der Waals surface area contributed by atoms with E-state index in [-0.39, 0.29) is 22.4 Å². The number of ketones is 1. The molecule has 1 fully saturated rings. The lowest BCUT2D eigenvalue weighted by molar-refractivity contribution is -0.385. The molecule has 1 heterocycles. The summed E-state index contributed by atoms with van der Waals surface area (Å²) in [5, 5.41) is 32.3. The second-order valence-electron chi connectivity index (χ2n) is 7.38. The van der Waals surface area contributed by atoms with Crippen molar-refractivity contribution in [3.05, 3.63) is 99.4 Å². The third kappa shape index (κ3) is 3.81. The van der Waals surface area contributed by atoms with E-state index < -0.39 is 45.7 Å². The van der Waals surface area contributed by atoms with Gasteiger partial charge in [0.1, 0.15) is 17.3 Å². The van der Waals surface area contributed by atoms with E-state index in [9.17, 15) is 34.3 Å². The standard InChI is InChI=1S/C24H17FN2O7/c1-34-17-8-5-13(6-9-17)22(29)20-21(14-7-10-19(28)18(11-14)27(32)33)26(24(31)23(20)30)16-4-2-3-15(25)12-16/h2-12,21,28-29H,1H3/b22-20-. The van der Waals surface area contributed by atoms with Gasteiger partial charge in [-0.1, -0.05) is 12.1 Å². The predicted molar refractivity (Wildman–Crippen MR) is 119 cm³/mol. The monoisotopic (exact) mass is 464 g/mol. The average Bonchev–Trinajstić information content (AvgIpc) is 3.09. The number of halogens is 1. The fourth-order valence-electron chi connectivity index (χ4n) is 3.80. The van der Waals surface area contributed by atoms with E-state index >= 15 is 0 Å². The molecular weight excluding hydrogens is 447 g/mol. The Kier molecular flexibility index (Phi) is 5.72. The van der Waals surface area contributed by atoms with Crippen LogP contribution in [0.4, 0.5) is 15.8 Å². The Morgan fingerprint density at radius 2 is 1.79 bits per heavy atom. The minimum atomic E-state index is -1.33. The van der Waals surface area contributed by atoms with Gasteiger partial charge in [0.05, 0.1) is 23.6 Å². The topological polar surface area (TPSA) is 130 Å². The molecule has 4 rings (SSSR count). The number of rotatable bonds is 5. The fourth-order valence-corrected chi connectivity index (χ4v) is 3.80. The molecule has 9 nitrogen and oxygen atoms in total. The first-order valence-electron chi connectivity index (χ1n) is 9.91. The number of amides is 1. The minimum Gasteiger partial charge on any atom is -0.507 e. The van der Waals surface area contributed by atoms with Crippen LogP contribution >= 0.6 is 0 Å². The molecule has 1 aliphatic heterocycles. The number of nitro benzene ring substituents is 1. The van der Waals surface area contributed by atoms with Gasteiger partial charge < -0.3 is 14.9 Å². The highest BCUT2D eigenvalue weighted by molar-refractivity contribution is 6.51. The van der Waals surface area contributed by atoms with Gasteiger partial charge in [-0.2, -0.15) is 0 Å². The zero-order chi connectivity index (χ0) is 24.6. The molecule has 1 saturated heterocycles. The number of hydrogen-bond acceptors (Lipinski definition) is 7. The maximum absolute atomic E-state index is 14.0. The van der Waals surface area contributed by atoms with E-state index in [0.29, 0.717) is 5.75 Å². The second kappa shape index (κ2) is 8.66. The molecule has 2 N–H and O–H groups in total. The number of carbonyl (C=O) groups is 2. The Bertz CT molecular complexity index is 1350. The van der Waals surface area contributed by atoms with Crippen molar-refractivity contribution in [2.45, 2.75) is 6.04 Å². The summed E-state index contributed by atoms with van der Waals surface area (Å²) in [7, 11) is 1.46. The van der Waals surface area contributed by atoms with Gasteiger partial charge in [-0.3, -0.25) is 24.6 Å². The number of carbonyl (C=O) groups excluding carboxylic acids is 2. The van der Waals surface area contributed by atoms with Crippen molar-refractivity contribution in [3.8, 4) is 11.5 Å². The molecule has 172 valence electrons. The molecule has 10 heteroatoms. The Morgan fingerprint density at radius 1 is 1.09 bits per heavy atom. The highest BCUT2D eigenvalue weighted by Crippen LogP contribution is 2.44. The Hall–Kier alpha value is -4.73. The number of aliphatic hydroxyl groups is 1. The smallest absolute Gasteiger partial charge is 0.311 e. The zero-order valence-electron chi connectivity index (χ0n) is 17.6. The lowest BCUT2D eigenvalue weighted by atomic mass is 9.94. The van der Waals surface area contributed by atoms with Crippen LogP contribution in [0.2, 0.25) is 0 Å². The molecule has 1 aliphatic rings. The summed E-state index contributed by atoms with van der Waals surface area (Å²) in [4.78, 5) is 37.6. The summed E-state index contributed by atoms with van der Waals surface area (Å²) < 4.78 is 19.1. The van der Waals surface area contributed by atoms with Crippen molar-refractivity contribution < 1.29 is 33.9 Å². The Morgan fingerprint density at radius 3 is 2.41 bits per heavy atom. The fraction of sp³-hybridized carbons (Fsp3) is 0.0833. The maximum atomic E-state index is 14.0. The summed E-state index contributed by atoms with van der Waals surface area (Å²) >= 11 is 0. The number of phenols is 1. The molecule has 3 aromatic carbocycles. The summed E-state index contributed by atoms with van der Waals surface area (Å²) in [6.07, 6.45) is 0. The van der Waals surface area contributed by atoms with Crippen molar-refractivity contribution >= 4 is 28.8 Å². The predicted octanol–water partition coefficient (Wildman–Crippen LogP) is 4.07. The van der Waals surface area contributed by atoms with Crippen LogP contribution in [0, 0.1) is 15.9 Å². The van der Waals surface area contributed by atoms with Crippen LogP contribution in [0.1, 0.15) is 17.2 Å². The highest BCUT2D eigenvalue weighted by Gasteiger charge is 2.47. The number of methoxy groups -OCH3 is 1. The minimum absolute atomic E-state index is 0.0107. The molecule has 1 atom stereocenters. The summed E-state index contributed by atoms with van der Waals surface area (Å²) in [6, 6.07) is 12.9. The summed E-state index contributed by atoms with van der Waals surface area (Å²) in [5.74, 6) is -3.44. The third-order valence-corrected chi connectivity index (χ3v) is 5.41. The van der Waals surface area contributed by atoms with Crippen LogP contribution in [-0.4, -0.2) is 33.9 Å². The van der Waals surface area contributed by atoms with Gasteiger partial charge >= 0.3 is 5.69 Å². The quantitative estimate of drug-likeness (QED) is 0.191. The van der Waals surface area contributed by atoms with Gasteiger partial charge in [0.25, 0.3) is 11.7 Å². The largest absolute Gasteiger partial charge is 0.507 e. The third-order valence-electron chi connectivity index (χ3n) is 5.41. The van der Waals surface area contributed by atoms with E-state index in [1.807, 2.05) is 0 Å². The van der Waals surface area contributed by atoms with Crippen molar-refractivity contribution in [1.82, 2.24) is 0 Å². The highest BCUT2D eigenvalue weighted by atomic mass is 19.1. The number of benzene rings is 3. The van der Waals surface area contributed by atoms with Crippen LogP contribution in [0.15, 0.2) is 72.3 Å². The van der Waals surface area contributed by atoms with E-state index in [1.165, 1.54) is 49.6 Å². The van der Waals surface area contributed by atoms with E-state index in [4.69, 9.17) is 4.74 Å². The number of hydrogen-bond donors (Lipinski definition) is 2. The molecule has 0 aliphatic carbocycles. The van der Waals surface area contributed by atoms with Gasteiger partial charge in [0, 0.05) is 17.3 Å². The van der Waals surface area contributed by atoms with Gasteiger partial charge in [-0.25, -0.2) is 4.39 Å². The zero-order valence-corrected chi connectivity index (χ0v) is 17.6. The number of nitrogens with zero attached hydrogens (tertiary/aromatic N) is 2. The SMILES string of the molecule is COc1ccc(/C(O)=C2/C(=O)C(=O)N(c3cccc(F)c3)C2c2ccc(O)c([N+](=O)[O-])c2)cc1. The average molecular weight is 464 g/mol. The molecule has 1 amide bonds. The molecule has 0 bridgehead atoms. The van der Waals surface area contributed by atoms with Crippen LogP contribution in [-0.2, 0) is 9.59 Å². The van der Waals surface area contributed by atoms with Crippen LogP contribution in [0.5, 0.6) is 11.5 Å². The van der Waals surface area contributed by atoms with Crippen molar-refractivity contribution in [3.63, 3.8) is 0 Å². The first-order chi connectivity index (χ1) is 16.2. The van der Waals surface area contributed by atoms with E-state index in [0.717, 1.165) is 29.2 Å². The number of ether oxygens (including phenoxy) is 1. The van der Waals surface area contributed by atoms with Crippen molar-refractivity contribution in [2.75, 3.05) is 12.0 Å². The number of Topliss-reactive ketones (excluding diaryl/α,β-unsaturated/α-hetero) is 1. The second-order valence-corrected chi connectivity index (χ2v) is 7.38. The molecule has 0 saturated carbocycles. The van der Waals surface area contributed by atoms with Gasteiger partial charge in [-0.15, -0.1) is 0 Å². The van der Waals surface area contributed by atoms with Gasteiger partial charge in [0.15, 0.2) is 5.75 Å². The molecule has 0 spiro atoms. The van der Waals surface area contributed by atoms with Crippen molar-refractivity contribution in [2.24, 2.45) is 0 Å². The van der Waals surface area contributed by atoms with Crippen molar-refractivity contribution in [1.29, 1.82) is 0 Å². The summed E-state index contributed by atoms with van der Waals surface area (Å²) in [5.41, 5.74) is -0.748. The maximum Gasteiger partial charge on any atom is 0.311 e. The van der Waals surface area contributed by atoms with Crippen LogP contribution < -0.4 is 9.64 Å². The molecule has 0 aromatic heterocycles. The Balaban J connectivity index is 1.97. The molecular formula is C24H17FN2O7. The number of nitro groups is 1. The molecule has 34 heavy (non-hydrogen) atoms. The number of anilines is 1. The van der Waals surface area contributed by atoms with Gasteiger partial charge in [-0.05, 0) is 54.1 Å². The molecule has 1 unspecified atom stereocenters.